The van der Waals surface area contributed by atoms with Crippen LogP contribution in [-0.4, -0.2) is 39.2 Å². The molecular weight excluding hydrogens is 400 g/mol. The number of thioether (sulfide) groups is 1. The molecule has 6 nitrogen and oxygen atoms in total. The van der Waals surface area contributed by atoms with Crippen LogP contribution in [0.2, 0.25) is 0 Å². The van der Waals surface area contributed by atoms with Gasteiger partial charge in [-0.2, -0.15) is 0 Å². The van der Waals surface area contributed by atoms with Crippen LogP contribution in [0.25, 0.3) is 11.8 Å². The van der Waals surface area contributed by atoms with Crippen molar-refractivity contribution in [2.45, 2.75) is 47.6 Å². The standard InChI is InChI=1S/C23H26N2O4S/c1-7-29-22(27)17(6)25-21(26)20(30-23(25)28)12-18-11-15(4)24(16(18)5)19-10-13(2)8-9-14(19)3/h8-12,17H,7H2,1-6H3/b20-12+/t17-/m0/s1. The van der Waals surface area contributed by atoms with Crippen molar-refractivity contribution in [3.63, 3.8) is 0 Å². The lowest BCUT2D eigenvalue weighted by Gasteiger charge is -2.19. The summed E-state index contributed by atoms with van der Waals surface area (Å²) >= 11 is 0.847. The average molecular weight is 427 g/mol. The summed E-state index contributed by atoms with van der Waals surface area (Å²) in [6.45, 7) is 11.5. The largest absolute Gasteiger partial charge is 0.464 e. The summed E-state index contributed by atoms with van der Waals surface area (Å²) < 4.78 is 7.11. The SMILES string of the molecule is CCOC(=O)[C@H](C)N1C(=O)S/C(=C/c2cc(C)n(-c3cc(C)ccc3C)c2C)C1=O. The van der Waals surface area contributed by atoms with Crippen LogP contribution in [0.15, 0.2) is 29.2 Å². The molecule has 1 atom stereocenters. The first-order valence-electron chi connectivity index (χ1n) is 9.86. The van der Waals surface area contributed by atoms with E-state index in [1.807, 2.05) is 19.9 Å². The minimum absolute atomic E-state index is 0.194. The van der Waals surface area contributed by atoms with E-state index in [1.165, 1.54) is 12.5 Å². The van der Waals surface area contributed by atoms with E-state index in [1.54, 1.807) is 13.0 Å². The Labute approximate surface area is 180 Å². The van der Waals surface area contributed by atoms with Gasteiger partial charge in [-0.05, 0) is 88.2 Å². The van der Waals surface area contributed by atoms with Gasteiger partial charge in [0.2, 0.25) is 0 Å². The Bertz CT molecular complexity index is 1070. The normalized spacial score (nSPS) is 16.5. The van der Waals surface area contributed by atoms with Gasteiger partial charge in [0.05, 0.1) is 11.5 Å². The molecule has 1 saturated heterocycles. The third-order valence-corrected chi connectivity index (χ3v) is 6.08. The van der Waals surface area contributed by atoms with Gasteiger partial charge in [-0.25, -0.2) is 4.79 Å². The number of carbonyl (C=O) groups is 3. The van der Waals surface area contributed by atoms with Crippen molar-refractivity contribution in [1.82, 2.24) is 9.47 Å². The number of benzene rings is 1. The second kappa shape index (κ2) is 8.52. The number of carbonyl (C=O) groups excluding carboxylic acids is 3. The monoisotopic (exact) mass is 426 g/mol. The van der Waals surface area contributed by atoms with Crippen molar-refractivity contribution in [1.29, 1.82) is 0 Å². The summed E-state index contributed by atoms with van der Waals surface area (Å²) in [7, 11) is 0. The lowest BCUT2D eigenvalue weighted by Crippen LogP contribution is -2.42. The van der Waals surface area contributed by atoms with Crippen LogP contribution < -0.4 is 0 Å². The zero-order valence-electron chi connectivity index (χ0n) is 18.1. The molecule has 0 N–H and O–H groups in total. The van der Waals surface area contributed by atoms with Crippen molar-refractivity contribution in [3.05, 3.63) is 57.2 Å². The molecule has 2 amide bonds. The molecule has 0 radical (unpaired) electrons. The van der Waals surface area contributed by atoms with Gasteiger partial charge < -0.3 is 9.30 Å². The summed E-state index contributed by atoms with van der Waals surface area (Å²) in [6, 6.07) is 7.35. The number of imide groups is 1. The van der Waals surface area contributed by atoms with Crippen molar-refractivity contribution >= 4 is 35.0 Å². The summed E-state index contributed by atoms with van der Waals surface area (Å²) in [5, 5.41) is -0.463. The number of nitrogens with zero attached hydrogens (tertiary/aromatic N) is 2. The quantitative estimate of drug-likeness (QED) is 0.512. The predicted molar refractivity (Wildman–Crippen MR) is 119 cm³/mol. The lowest BCUT2D eigenvalue weighted by atomic mass is 10.1. The molecule has 2 heterocycles. The van der Waals surface area contributed by atoms with Crippen LogP contribution in [-0.2, 0) is 14.3 Å². The highest BCUT2D eigenvalue weighted by molar-refractivity contribution is 8.18. The Morgan fingerprint density at radius 3 is 2.53 bits per heavy atom. The summed E-state index contributed by atoms with van der Waals surface area (Å²) in [4.78, 5) is 38.5. The molecule has 0 aliphatic carbocycles. The van der Waals surface area contributed by atoms with Gasteiger partial charge >= 0.3 is 5.97 Å². The van der Waals surface area contributed by atoms with Gasteiger partial charge in [-0.1, -0.05) is 12.1 Å². The third-order valence-electron chi connectivity index (χ3n) is 5.20. The Kier molecular flexibility index (Phi) is 6.22. The van der Waals surface area contributed by atoms with Crippen LogP contribution in [0.1, 0.15) is 41.9 Å². The van der Waals surface area contributed by atoms with E-state index in [4.69, 9.17) is 4.74 Å². The summed E-state index contributed by atoms with van der Waals surface area (Å²) in [5.41, 5.74) is 6.28. The maximum Gasteiger partial charge on any atom is 0.329 e. The van der Waals surface area contributed by atoms with Crippen LogP contribution >= 0.6 is 11.8 Å². The molecule has 1 aliphatic rings. The molecule has 1 aromatic heterocycles. The first kappa shape index (κ1) is 21.9. The van der Waals surface area contributed by atoms with Crippen LogP contribution in [0.4, 0.5) is 4.79 Å². The maximum atomic E-state index is 12.8. The molecule has 0 spiro atoms. The topological polar surface area (TPSA) is 68.6 Å². The van der Waals surface area contributed by atoms with E-state index >= 15 is 0 Å². The highest BCUT2D eigenvalue weighted by Gasteiger charge is 2.41. The zero-order valence-corrected chi connectivity index (χ0v) is 18.9. The number of ether oxygens (including phenoxy) is 1. The smallest absolute Gasteiger partial charge is 0.329 e. The fourth-order valence-corrected chi connectivity index (χ4v) is 4.49. The first-order chi connectivity index (χ1) is 14.1. The Morgan fingerprint density at radius 2 is 1.87 bits per heavy atom. The highest BCUT2D eigenvalue weighted by Crippen LogP contribution is 2.35. The molecule has 2 aromatic rings. The zero-order chi connectivity index (χ0) is 22.2. The van der Waals surface area contributed by atoms with E-state index < -0.39 is 23.2 Å². The second-order valence-corrected chi connectivity index (χ2v) is 8.42. The Morgan fingerprint density at radius 1 is 1.17 bits per heavy atom. The molecule has 7 heteroatoms. The van der Waals surface area contributed by atoms with Crippen LogP contribution in [0, 0.1) is 27.7 Å². The fraction of sp³-hybridized carbons (Fsp3) is 0.348. The first-order valence-corrected chi connectivity index (χ1v) is 10.7. The van der Waals surface area contributed by atoms with Gasteiger partial charge in [0, 0.05) is 17.1 Å². The molecular formula is C23H26N2O4S. The summed E-state index contributed by atoms with van der Waals surface area (Å²) in [5.74, 6) is -1.06. The minimum atomic E-state index is -0.953. The van der Waals surface area contributed by atoms with Gasteiger partial charge in [0.25, 0.3) is 11.1 Å². The van der Waals surface area contributed by atoms with Gasteiger partial charge in [0.15, 0.2) is 0 Å². The molecule has 1 fully saturated rings. The molecule has 158 valence electrons. The van der Waals surface area contributed by atoms with E-state index in [-0.39, 0.29) is 6.61 Å². The third kappa shape index (κ3) is 3.94. The van der Waals surface area contributed by atoms with E-state index in [2.05, 4.69) is 36.6 Å². The highest BCUT2D eigenvalue weighted by atomic mass is 32.2. The number of aryl methyl sites for hydroxylation is 3. The van der Waals surface area contributed by atoms with Gasteiger partial charge in [-0.15, -0.1) is 0 Å². The predicted octanol–water partition coefficient (Wildman–Crippen LogP) is 4.70. The van der Waals surface area contributed by atoms with Crippen LogP contribution in [0.3, 0.4) is 0 Å². The fourth-order valence-electron chi connectivity index (χ4n) is 3.59. The van der Waals surface area contributed by atoms with Crippen LogP contribution in [0.5, 0.6) is 0 Å². The minimum Gasteiger partial charge on any atom is -0.464 e. The van der Waals surface area contributed by atoms with E-state index in [0.717, 1.165) is 44.9 Å². The number of hydrogen-bond donors (Lipinski definition) is 0. The van der Waals surface area contributed by atoms with Crippen molar-refractivity contribution in [2.24, 2.45) is 0 Å². The van der Waals surface area contributed by atoms with Crippen molar-refractivity contribution in [3.8, 4) is 5.69 Å². The van der Waals surface area contributed by atoms with Crippen molar-refractivity contribution in [2.75, 3.05) is 6.61 Å². The lowest BCUT2D eigenvalue weighted by molar-refractivity contribution is -0.150. The molecule has 1 aliphatic heterocycles. The maximum absolute atomic E-state index is 12.8. The van der Waals surface area contributed by atoms with E-state index in [0.29, 0.717) is 4.91 Å². The Balaban J connectivity index is 1.97. The average Bonchev–Trinajstić information content (AvgIpc) is 3.12. The van der Waals surface area contributed by atoms with E-state index in [9.17, 15) is 14.4 Å². The van der Waals surface area contributed by atoms with Gasteiger partial charge in [0.1, 0.15) is 6.04 Å². The number of esters is 1. The number of aromatic nitrogens is 1. The second-order valence-electron chi connectivity index (χ2n) is 7.43. The van der Waals surface area contributed by atoms with Gasteiger partial charge in [-0.3, -0.25) is 14.5 Å². The molecule has 0 unspecified atom stereocenters. The molecule has 0 bridgehead atoms. The molecule has 3 rings (SSSR count). The molecule has 1 aromatic carbocycles. The molecule has 0 saturated carbocycles. The molecule has 30 heavy (non-hydrogen) atoms. The number of hydrogen-bond acceptors (Lipinski definition) is 5. The summed E-state index contributed by atoms with van der Waals surface area (Å²) in [6.07, 6.45) is 1.73. The number of amides is 2. The van der Waals surface area contributed by atoms with Crippen molar-refractivity contribution < 1.29 is 19.1 Å². The Hall–Kier alpha value is -2.80. The number of rotatable bonds is 5.